The third-order valence-electron chi connectivity index (χ3n) is 3.99. The van der Waals surface area contributed by atoms with Gasteiger partial charge in [-0.2, -0.15) is 11.8 Å². The van der Waals surface area contributed by atoms with Crippen LogP contribution >= 0.6 is 23.1 Å². The second-order valence-corrected chi connectivity index (χ2v) is 8.12. The largest absolute Gasteiger partial charge is 0.329 e. The Bertz CT molecular complexity index is 402. The minimum Gasteiger partial charge on any atom is -0.329 e. The minimum absolute atomic E-state index is 0.397. The maximum absolute atomic E-state index is 6.08. The van der Waals surface area contributed by atoms with Crippen LogP contribution < -0.4 is 5.73 Å². The fraction of sp³-hybridized carbons (Fsp3) is 0.714. The molecular formula is C14H24N2S2. The lowest BCUT2D eigenvalue weighted by Gasteiger charge is -2.42. The molecule has 102 valence electrons. The smallest absolute Gasteiger partial charge is 0.0485 e. The fourth-order valence-corrected chi connectivity index (χ4v) is 4.92. The lowest BCUT2D eigenvalue weighted by atomic mass is 10.0. The van der Waals surface area contributed by atoms with Crippen LogP contribution in [0.1, 0.15) is 35.2 Å². The van der Waals surface area contributed by atoms with Crippen LogP contribution in [-0.4, -0.2) is 35.0 Å². The van der Waals surface area contributed by atoms with Crippen LogP contribution in [0.4, 0.5) is 0 Å². The molecule has 2 N–H and O–H groups in total. The molecule has 1 aromatic heterocycles. The molecule has 0 aromatic carbocycles. The monoisotopic (exact) mass is 284 g/mol. The van der Waals surface area contributed by atoms with Crippen molar-refractivity contribution >= 4 is 23.1 Å². The maximum Gasteiger partial charge on any atom is 0.0485 e. The van der Waals surface area contributed by atoms with Gasteiger partial charge in [0, 0.05) is 45.9 Å². The standard InChI is InChI=1S/C14H24N2S2/c1-9-7-13(12(4)18-9)14(8-15)16-5-6-17-11(3)10(16)2/h7,10-11,14H,5-6,8,15H2,1-4H3. The zero-order chi connectivity index (χ0) is 13.3. The number of hydrogen-bond acceptors (Lipinski definition) is 4. The zero-order valence-electron chi connectivity index (χ0n) is 11.8. The molecule has 1 saturated heterocycles. The SMILES string of the molecule is Cc1cc(C(CN)N2CCSC(C)C2C)c(C)s1. The molecule has 0 spiro atoms. The van der Waals surface area contributed by atoms with E-state index < -0.39 is 0 Å². The van der Waals surface area contributed by atoms with Gasteiger partial charge in [-0.15, -0.1) is 11.3 Å². The number of hydrogen-bond donors (Lipinski definition) is 1. The maximum atomic E-state index is 6.08. The van der Waals surface area contributed by atoms with Gasteiger partial charge in [0.1, 0.15) is 0 Å². The molecule has 0 aliphatic carbocycles. The van der Waals surface area contributed by atoms with Gasteiger partial charge in [0.2, 0.25) is 0 Å². The third kappa shape index (κ3) is 2.77. The number of thioether (sulfide) groups is 1. The quantitative estimate of drug-likeness (QED) is 0.924. The Morgan fingerprint density at radius 2 is 2.17 bits per heavy atom. The summed E-state index contributed by atoms with van der Waals surface area (Å²) in [6, 6.07) is 3.33. The molecule has 1 fully saturated rings. The van der Waals surface area contributed by atoms with Crippen molar-refractivity contribution in [2.24, 2.45) is 5.73 Å². The second kappa shape index (κ2) is 5.95. The van der Waals surface area contributed by atoms with Crippen molar-refractivity contribution in [1.82, 2.24) is 4.90 Å². The van der Waals surface area contributed by atoms with Crippen LogP contribution in [-0.2, 0) is 0 Å². The molecule has 0 bridgehead atoms. The predicted molar refractivity (Wildman–Crippen MR) is 83.7 cm³/mol. The van der Waals surface area contributed by atoms with Crippen molar-refractivity contribution in [2.45, 2.75) is 45.0 Å². The van der Waals surface area contributed by atoms with Gasteiger partial charge in [-0.05, 0) is 32.4 Å². The number of thiophene rings is 1. The van der Waals surface area contributed by atoms with Crippen LogP contribution in [0, 0.1) is 13.8 Å². The van der Waals surface area contributed by atoms with Gasteiger partial charge in [-0.3, -0.25) is 4.90 Å². The zero-order valence-corrected chi connectivity index (χ0v) is 13.4. The lowest BCUT2D eigenvalue weighted by molar-refractivity contribution is 0.150. The van der Waals surface area contributed by atoms with Crippen molar-refractivity contribution in [3.63, 3.8) is 0 Å². The molecule has 3 unspecified atom stereocenters. The first-order valence-corrected chi connectivity index (χ1v) is 8.55. The molecule has 0 amide bonds. The summed E-state index contributed by atoms with van der Waals surface area (Å²) < 4.78 is 0. The highest BCUT2D eigenvalue weighted by molar-refractivity contribution is 8.00. The summed E-state index contributed by atoms with van der Waals surface area (Å²) in [7, 11) is 0. The van der Waals surface area contributed by atoms with Crippen molar-refractivity contribution in [1.29, 1.82) is 0 Å². The lowest BCUT2D eigenvalue weighted by Crippen LogP contribution is -2.48. The summed E-state index contributed by atoms with van der Waals surface area (Å²) in [5, 5.41) is 0.702. The normalized spacial score (nSPS) is 27.4. The average Bonchev–Trinajstić information content (AvgIpc) is 2.65. The summed E-state index contributed by atoms with van der Waals surface area (Å²) in [4.78, 5) is 5.43. The molecule has 0 saturated carbocycles. The van der Waals surface area contributed by atoms with Gasteiger partial charge < -0.3 is 5.73 Å². The van der Waals surface area contributed by atoms with Gasteiger partial charge in [-0.1, -0.05) is 6.92 Å². The first-order valence-electron chi connectivity index (χ1n) is 6.69. The highest BCUT2D eigenvalue weighted by atomic mass is 32.2. The van der Waals surface area contributed by atoms with Gasteiger partial charge >= 0.3 is 0 Å². The molecule has 2 nitrogen and oxygen atoms in total. The highest BCUT2D eigenvalue weighted by Crippen LogP contribution is 2.35. The fourth-order valence-electron chi connectivity index (χ4n) is 2.82. The number of nitrogens with two attached hydrogens (primary N) is 1. The molecule has 0 radical (unpaired) electrons. The van der Waals surface area contributed by atoms with E-state index >= 15 is 0 Å². The first kappa shape index (κ1) is 14.4. The van der Waals surface area contributed by atoms with Crippen molar-refractivity contribution in [2.75, 3.05) is 18.8 Å². The molecule has 2 rings (SSSR count). The minimum atomic E-state index is 0.397. The van der Waals surface area contributed by atoms with E-state index in [-0.39, 0.29) is 0 Å². The van der Waals surface area contributed by atoms with E-state index in [0.29, 0.717) is 17.3 Å². The Hall–Kier alpha value is -0.0300. The van der Waals surface area contributed by atoms with E-state index in [1.165, 1.54) is 21.1 Å². The molecule has 1 aliphatic heterocycles. The molecule has 1 aliphatic rings. The summed E-state index contributed by atoms with van der Waals surface area (Å²) in [6.45, 7) is 11.0. The summed E-state index contributed by atoms with van der Waals surface area (Å²) in [6.07, 6.45) is 0. The van der Waals surface area contributed by atoms with Gasteiger partial charge in [0.05, 0.1) is 0 Å². The van der Waals surface area contributed by atoms with Crippen molar-refractivity contribution in [3.8, 4) is 0 Å². The average molecular weight is 284 g/mol. The van der Waals surface area contributed by atoms with E-state index in [0.717, 1.165) is 13.1 Å². The third-order valence-corrected chi connectivity index (χ3v) is 6.31. The Labute approximate surface area is 119 Å². The van der Waals surface area contributed by atoms with Crippen LogP contribution in [0.3, 0.4) is 0 Å². The highest BCUT2D eigenvalue weighted by Gasteiger charge is 2.31. The van der Waals surface area contributed by atoms with E-state index in [2.05, 4.69) is 50.4 Å². The van der Waals surface area contributed by atoms with Crippen LogP contribution in [0.5, 0.6) is 0 Å². The second-order valence-electron chi connectivity index (χ2n) is 5.17. The Balaban J connectivity index is 2.25. The van der Waals surface area contributed by atoms with Crippen molar-refractivity contribution < 1.29 is 0 Å². The van der Waals surface area contributed by atoms with E-state index in [1.807, 2.05) is 11.3 Å². The van der Waals surface area contributed by atoms with Crippen molar-refractivity contribution in [3.05, 3.63) is 21.4 Å². The predicted octanol–water partition coefficient (Wildman–Crippen LogP) is 3.19. The number of aryl methyl sites for hydroxylation is 2. The number of nitrogens with zero attached hydrogens (tertiary/aromatic N) is 1. The molecular weight excluding hydrogens is 260 g/mol. The molecule has 2 heterocycles. The Morgan fingerprint density at radius 3 is 2.72 bits per heavy atom. The van der Waals surface area contributed by atoms with Gasteiger partial charge in [0.15, 0.2) is 0 Å². The summed E-state index contributed by atoms with van der Waals surface area (Å²) in [5.74, 6) is 1.23. The molecule has 1 aromatic rings. The molecule has 3 atom stereocenters. The Morgan fingerprint density at radius 1 is 1.44 bits per heavy atom. The summed E-state index contributed by atoms with van der Waals surface area (Å²) >= 11 is 3.97. The van der Waals surface area contributed by atoms with E-state index in [9.17, 15) is 0 Å². The molecule has 4 heteroatoms. The van der Waals surface area contributed by atoms with E-state index in [4.69, 9.17) is 5.73 Å². The first-order chi connectivity index (χ1) is 8.54. The van der Waals surface area contributed by atoms with Gasteiger partial charge in [-0.25, -0.2) is 0 Å². The topological polar surface area (TPSA) is 29.3 Å². The summed E-state index contributed by atoms with van der Waals surface area (Å²) in [5.41, 5.74) is 7.53. The van der Waals surface area contributed by atoms with Crippen LogP contribution in [0.15, 0.2) is 6.07 Å². The number of rotatable bonds is 3. The van der Waals surface area contributed by atoms with Crippen LogP contribution in [0.2, 0.25) is 0 Å². The van der Waals surface area contributed by atoms with Crippen LogP contribution in [0.25, 0.3) is 0 Å². The molecule has 18 heavy (non-hydrogen) atoms. The van der Waals surface area contributed by atoms with Gasteiger partial charge in [0.25, 0.3) is 0 Å². The van der Waals surface area contributed by atoms with E-state index in [1.54, 1.807) is 0 Å². The Kier molecular flexibility index (Phi) is 4.75.